The molecule has 0 N–H and O–H groups in total. The van der Waals surface area contributed by atoms with E-state index in [0.29, 0.717) is 5.82 Å². The molecule has 1 aromatic heterocycles. The summed E-state index contributed by atoms with van der Waals surface area (Å²) in [7, 11) is 1.10. The summed E-state index contributed by atoms with van der Waals surface area (Å²) in [5.41, 5.74) is 1.84. The van der Waals surface area contributed by atoms with Crippen LogP contribution in [0.4, 0.5) is 13.2 Å². The summed E-state index contributed by atoms with van der Waals surface area (Å²) in [6.45, 7) is 1.44. The third-order valence-corrected chi connectivity index (χ3v) is 5.10. The van der Waals surface area contributed by atoms with Gasteiger partial charge in [0.25, 0.3) is 0 Å². The fourth-order valence-corrected chi connectivity index (χ4v) is 3.23. The number of hydrogen-bond donors (Lipinski definition) is 0. The first-order valence-corrected chi connectivity index (χ1v) is 11.0. The molecule has 2 aromatic rings. The van der Waals surface area contributed by atoms with E-state index < -0.39 is 24.9 Å². The van der Waals surface area contributed by atoms with E-state index in [1.807, 2.05) is 24.3 Å². The fraction of sp³-hybridized carbons (Fsp3) is 0.542. The molecule has 0 fully saturated rings. The van der Waals surface area contributed by atoms with Gasteiger partial charge < -0.3 is 9.47 Å². The van der Waals surface area contributed by atoms with Gasteiger partial charge in [0, 0.05) is 25.1 Å². The van der Waals surface area contributed by atoms with Crippen LogP contribution in [0.25, 0.3) is 11.4 Å². The standard InChI is InChI=1S/C24H31F3N2O3/c1-3-4-5-6-7-8-9-10-18-11-13-19(14-12-18)22-28-15-20(16-29-22)23(30)32-21(17-31-2)24(25,26)27/h11-16,21H,3-10,17H2,1-2H3. The molecule has 5 nitrogen and oxygen atoms in total. The minimum atomic E-state index is -4.72. The molecule has 0 spiro atoms. The molecule has 32 heavy (non-hydrogen) atoms. The van der Waals surface area contributed by atoms with Gasteiger partial charge in [0.1, 0.15) is 0 Å². The molecule has 0 aliphatic carbocycles. The summed E-state index contributed by atoms with van der Waals surface area (Å²) in [5, 5.41) is 0. The van der Waals surface area contributed by atoms with Gasteiger partial charge in [-0.15, -0.1) is 0 Å². The van der Waals surface area contributed by atoms with Crippen molar-refractivity contribution in [2.24, 2.45) is 0 Å². The summed E-state index contributed by atoms with van der Waals surface area (Å²) >= 11 is 0. The maximum atomic E-state index is 12.9. The van der Waals surface area contributed by atoms with Crippen molar-refractivity contribution in [3.05, 3.63) is 47.8 Å². The highest BCUT2D eigenvalue weighted by Crippen LogP contribution is 2.24. The van der Waals surface area contributed by atoms with E-state index in [2.05, 4.69) is 26.4 Å². The number of aryl methyl sites for hydroxylation is 1. The van der Waals surface area contributed by atoms with E-state index in [4.69, 9.17) is 0 Å². The average Bonchev–Trinajstić information content (AvgIpc) is 2.78. The Balaban J connectivity index is 1.87. The van der Waals surface area contributed by atoms with Gasteiger partial charge in [-0.2, -0.15) is 13.2 Å². The second-order valence-electron chi connectivity index (χ2n) is 7.75. The molecule has 0 saturated carbocycles. The van der Waals surface area contributed by atoms with Crippen LogP contribution in [0.5, 0.6) is 0 Å². The smallest absolute Gasteiger partial charge is 0.427 e. The Morgan fingerprint density at radius 2 is 1.56 bits per heavy atom. The van der Waals surface area contributed by atoms with E-state index in [-0.39, 0.29) is 5.56 Å². The number of unbranched alkanes of at least 4 members (excludes halogenated alkanes) is 6. The summed E-state index contributed by atoms with van der Waals surface area (Å²) < 4.78 is 47.6. The number of esters is 1. The monoisotopic (exact) mass is 452 g/mol. The van der Waals surface area contributed by atoms with Crippen molar-refractivity contribution in [3.63, 3.8) is 0 Å². The van der Waals surface area contributed by atoms with Crippen LogP contribution in [-0.2, 0) is 15.9 Å². The van der Waals surface area contributed by atoms with E-state index in [1.54, 1.807) is 0 Å². The number of halogens is 3. The molecule has 176 valence electrons. The highest BCUT2D eigenvalue weighted by molar-refractivity contribution is 5.89. The maximum Gasteiger partial charge on any atom is 0.427 e. The zero-order valence-corrected chi connectivity index (χ0v) is 18.7. The summed E-state index contributed by atoms with van der Waals surface area (Å²) in [5.74, 6) is -0.769. The predicted molar refractivity (Wildman–Crippen MR) is 116 cm³/mol. The van der Waals surface area contributed by atoms with Crippen LogP contribution < -0.4 is 0 Å². The zero-order chi connectivity index (χ0) is 23.4. The van der Waals surface area contributed by atoms with Gasteiger partial charge in [0.2, 0.25) is 6.10 Å². The number of hydrogen-bond acceptors (Lipinski definition) is 5. The number of benzene rings is 1. The van der Waals surface area contributed by atoms with Gasteiger partial charge in [-0.25, -0.2) is 14.8 Å². The lowest BCUT2D eigenvalue weighted by Gasteiger charge is -2.19. The van der Waals surface area contributed by atoms with Crippen LogP contribution in [0.15, 0.2) is 36.7 Å². The number of methoxy groups -OCH3 is 1. The lowest BCUT2D eigenvalue weighted by atomic mass is 10.0. The van der Waals surface area contributed by atoms with Crippen molar-refractivity contribution in [3.8, 4) is 11.4 Å². The molecule has 0 bridgehead atoms. The van der Waals surface area contributed by atoms with Crippen LogP contribution in [0.2, 0.25) is 0 Å². The number of carbonyl (C=O) groups is 1. The highest BCUT2D eigenvalue weighted by atomic mass is 19.4. The maximum absolute atomic E-state index is 12.9. The second-order valence-corrected chi connectivity index (χ2v) is 7.75. The van der Waals surface area contributed by atoms with Crippen molar-refractivity contribution in [2.75, 3.05) is 13.7 Å². The molecule has 0 aliphatic heterocycles. The van der Waals surface area contributed by atoms with Crippen molar-refractivity contribution < 1.29 is 27.4 Å². The van der Waals surface area contributed by atoms with Crippen LogP contribution in [0, 0.1) is 0 Å². The molecule has 1 aromatic carbocycles. The Morgan fingerprint density at radius 1 is 0.969 bits per heavy atom. The number of aromatic nitrogens is 2. The zero-order valence-electron chi connectivity index (χ0n) is 18.7. The Hall–Kier alpha value is -2.48. The van der Waals surface area contributed by atoms with E-state index in [1.165, 1.54) is 44.1 Å². The average molecular weight is 453 g/mol. The summed E-state index contributed by atoms with van der Waals surface area (Å²) in [6, 6.07) is 7.86. The van der Waals surface area contributed by atoms with E-state index >= 15 is 0 Å². The van der Waals surface area contributed by atoms with Crippen LogP contribution in [-0.4, -0.2) is 41.9 Å². The molecule has 1 atom stereocenters. The largest absolute Gasteiger partial charge is 0.446 e. The first-order valence-electron chi connectivity index (χ1n) is 11.0. The number of nitrogens with zero attached hydrogens (tertiary/aromatic N) is 2. The van der Waals surface area contributed by atoms with Crippen molar-refractivity contribution in [1.82, 2.24) is 9.97 Å². The predicted octanol–water partition coefficient (Wildman–Crippen LogP) is 6.17. The molecule has 0 aliphatic rings. The van der Waals surface area contributed by atoms with Gasteiger partial charge in [-0.1, -0.05) is 69.7 Å². The lowest BCUT2D eigenvalue weighted by Crippen LogP contribution is -2.37. The van der Waals surface area contributed by atoms with Gasteiger partial charge in [0.05, 0.1) is 12.2 Å². The normalized spacial score (nSPS) is 12.5. The SMILES string of the molecule is CCCCCCCCCc1ccc(-c2ncc(C(=O)OC(COC)C(F)(F)F)cn2)cc1. The Morgan fingerprint density at radius 3 is 2.12 bits per heavy atom. The molecule has 0 amide bonds. The summed E-state index contributed by atoms with van der Waals surface area (Å²) in [4.78, 5) is 20.2. The van der Waals surface area contributed by atoms with Crippen LogP contribution in [0.1, 0.15) is 67.8 Å². The van der Waals surface area contributed by atoms with Crippen LogP contribution in [0.3, 0.4) is 0 Å². The lowest BCUT2D eigenvalue weighted by molar-refractivity contribution is -0.215. The molecule has 2 rings (SSSR count). The minimum absolute atomic E-state index is 0.158. The third-order valence-electron chi connectivity index (χ3n) is 5.10. The fourth-order valence-electron chi connectivity index (χ4n) is 3.23. The molecular weight excluding hydrogens is 421 g/mol. The first kappa shape index (κ1) is 25.8. The van der Waals surface area contributed by atoms with Gasteiger partial charge in [-0.05, 0) is 18.4 Å². The van der Waals surface area contributed by atoms with E-state index in [9.17, 15) is 18.0 Å². The van der Waals surface area contributed by atoms with Crippen molar-refractivity contribution in [1.29, 1.82) is 0 Å². The third kappa shape index (κ3) is 8.57. The quantitative estimate of drug-likeness (QED) is 0.269. The van der Waals surface area contributed by atoms with Crippen LogP contribution >= 0.6 is 0 Å². The van der Waals surface area contributed by atoms with E-state index in [0.717, 1.165) is 37.9 Å². The number of carbonyl (C=O) groups excluding carboxylic acids is 1. The Bertz CT molecular complexity index is 809. The number of ether oxygens (including phenoxy) is 2. The van der Waals surface area contributed by atoms with Gasteiger partial charge in [0.15, 0.2) is 5.82 Å². The Labute approximate surface area is 187 Å². The first-order chi connectivity index (χ1) is 15.3. The summed E-state index contributed by atoms with van der Waals surface area (Å²) in [6.07, 6.45) is 5.13. The number of alkyl halides is 3. The highest BCUT2D eigenvalue weighted by Gasteiger charge is 2.43. The topological polar surface area (TPSA) is 61.3 Å². The molecule has 8 heteroatoms. The molecule has 0 saturated heterocycles. The molecule has 1 unspecified atom stereocenters. The van der Waals surface area contributed by atoms with Crippen molar-refractivity contribution >= 4 is 5.97 Å². The minimum Gasteiger partial charge on any atom is -0.446 e. The van der Waals surface area contributed by atoms with Gasteiger partial charge >= 0.3 is 12.1 Å². The van der Waals surface area contributed by atoms with Crippen molar-refractivity contribution in [2.45, 2.75) is 70.6 Å². The second kappa shape index (κ2) is 13.2. The Kier molecular flexibility index (Phi) is 10.6. The molecular formula is C24H31F3N2O3. The molecule has 0 radical (unpaired) electrons. The van der Waals surface area contributed by atoms with Gasteiger partial charge in [-0.3, -0.25) is 0 Å². The number of rotatable bonds is 13. The molecule has 1 heterocycles.